The van der Waals surface area contributed by atoms with Crippen molar-refractivity contribution in [2.45, 2.75) is 13.0 Å². The van der Waals surface area contributed by atoms with Crippen LogP contribution in [0.5, 0.6) is 0 Å². The minimum atomic E-state index is -0.0727. The van der Waals surface area contributed by atoms with Crippen molar-refractivity contribution in [2.75, 3.05) is 7.05 Å². The van der Waals surface area contributed by atoms with Crippen molar-refractivity contribution in [3.63, 3.8) is 0 Å². The molecule has 1 heterocycles. The molecule has 6 heteroatoms. The summed E-state index contributed by atoms with van der Waals surface area (Å²) < 4.78 is 1.79. The van der Waals surface area contributed by atoms with Crippen molar-refractivity contribution in [3.05, 3.63) is 52.0 Å². The summed E-state index contributed by atoms with van der Waals surface area (Å²) in [6, 6.07) is 5.48. The van der Waals surface area contributed by atoms with Gasteiger partial charge < -0.3 is 9.88 Å². The summed E-state index contributed by atoms with van der Waals surface area (Å²) in [6.45, 7) is 0.240. The molecule has 0 aliphatic heterocycles. The predicted molar refractivity (Wildman–Crippen MR) is 75.6 cm³/mol. The zero-order valence-corrected chi connectivity index (χ0v) is 11.9. The van der Waals surface area contributed by atoms with Gasteiger partial charge in [-0.05, 0) is 11.6 Å². The molecular formula is C13H13Cl2N3O. The Labute approximate surface area is 121 Å². The summed E-state index contributed by atoms with van der Waals surface area (Å²) in [4.78, 5) is 15.6. The van der Waals surface area contributed by atoms with Gasteiger partial charge in [-0.2, -0.15) is 0 Å². The zero-order chi connectivity index (χ0) is 13.8. The van der Waals surface area contributed by atoms with Gasteiger partial charge in [0.25, 0.3) is 0 Å². The number of rotatable bonds is 4. The number of hydrogen-bond acceptors (Lipinski definition) is 2. The van der Waals surface area contributed by atoms with E-state index in [4.69, 9.17) is 23.2 Å². The van der Waals surface area contributed by atoms with E-state index >= 15 is 0 Å². The van der Waals surface area contributed by atoms with E-state index in [0.29, 0.717) is 16.5 Å². The maximum atomic E-state index is 11.4. The number of imidazole rings is 1. The third-order valence-corrected chi connectivity index (χ3v) is 3.63. The molecule has 1 amide bonds. The van der Waals surface area contributed by atoms with Crippen molar-refractivity contribution in [3.8, 4) is 0 Å². The van der Waals surface area contributed by atoms with E-state index in [9.17, 15) is 4.79 Å². The molecule has 0 spiro atoms. The van der Waals surface area contributed by atoms with Crippen LogP contribution in [0.3, 0.4) is 0 Å². The number of carbonyl (C=O) groups is 1. The van der Waals surface area contributed by atoms with E-state index in [1.54, 1.807) is 30.1 Å². The Hall–Kier alpha value is -1.52. The van der Waals surface area contributed by atoms with Crippen LogP contribution in [0.2, 0.25) is 10.0 Å². The number of aromatic nitrogens is 2. The standard InChI is InChI=1S/C13H13Cl2N3O/c1-16-12(19)8-18-6-5-17-11(18)7-9-3-2-4-10(14)13(9)15/h2-6H,7-8H2,1H3,(H,16,19). The van der Waals surface area contributed by atoms with Gasteiger partial charge in [-0.1, -0.05) is 35.3 Å². The fraction of sp³-hybridized carbons (Fsp3) is 0.231. The molecular weight excluding hydrogens is 285 g/mol. The first kappa shape index (κ1) is 13.9. The molecule has 0 bridgehead atoms. The number of nitrogens with zero attached hydrogens (tertiary/aromatic N) is 2. The predicted octanol–water partition coefficient (Wildman–Crippen LogP) is 2.53. The third-order valence-electron chi connectivity index (χ3n) is 2.77. The lowest BCUT2D eigenvalue weighted by atomic mass is 10.1. The molecule has 0 saturated heterocycles. The van der Waals surface area contributed by atoms with Crippen LogP contribution in [-0.4, -0.2) is 22.5 Å². The van der Waals surface area contributed by atoms with Gasteiger partial charge in [-0.25, -0.2) is 4.98 Å². The highest BCUT2D eigenvalue weighted by atomic mass is 35.5. The SMILES string of the molecule is CNC(=O)Cn1ccnc1Cc1cccc(Cl)c1Cl. The highest BCUT2D eigenvalue weighted by Gasteiger charge is 2.10. The summed E-state index contributed by atoms with van der Waals surface area (Å²) >= 11 is 12.1. The fourth-order valence-electron chi connectivity index (χ4n) is 1.74. The fourth-order valence-corrected chi connectivity index (χ4v) is 2.13. The Morgan fingerprint density at radius 1 is 1.42 bits per heavy atom. The quantitative estimate of drug-likeness (QED) is 0.943. The van der Waals surface area contributed by atoms with Crippen LogP contribution in [0.1, 0.15) is 11.4 Å². The smallest absolute Gasteiger partial charge is 0.239 e. The van der Waals surface area contributed by atoms with Crippen molar-refractivity contribution >= 4 is 29.1 Å². The normalized spacial score (nSPS) is 10.5. The molecule has 1 aromatic carbocycles. The average Bonchev–Trinajstić information content (AvgIpc) is 2.82. The largest absolute Gasteiger partial charge is 0.358 e. The molecule has 19 heavy (non-hydrogen) atoms. The van der Waals surface area contributed by atoms with E-state index in [0.717, 1.165) is 11.4 Å². The Bertz CT molecular complexity index is 595. The molecule has 1 N–H and O–H groups in total. The lowest BCUT2D eigenvalue weighted by Crippen LogP contribution is -2.24. The minimum absolute atomic E-state index is 0.0727. The van der Waals surface area contributed by atoms with Gasteiger partial charge in [0.15, 0.2) is 0 Å². The average molecular weight is 298 g/mol. The molecule has 0 aliphatic rings. The van der Waals surface area contributed by atoms with Crippen LogP contribution in [-0.2, 0) is 17.8 Å². The van der Waals surface area contributed by atoms with Crippen LogP contribution < -0.4 is 5.32 Å². The maximum absolute atomic E-state index is 11.4. The van der Waals surface area contributed by atoms with Crippen molar-refractivity contribution in [1.82, 2.24) is 14.9 Å². The number of halogens is 2. The molecule has 1 aromatic heterocycles. The van der Waals surface area contributed by atoms with Gasteiger partial charge in [0.2, 0.25) is 5.91 Å². The first-order valence-electron chi connectivity index (χ1n) is 5.75. The van der Waals surface area contributed by atoms with E-state index < -0.39 is 0 Å². The number of carbonyl (C=O) groups excluding carboxylic acids is 1. The van der Waals surface area contributed by atoms with Gasteiger partial charge in [0.1, 0.15) is 12.4 Å². The molecule has 2 rings (SSSR count). The van der Waals surface area contributed by atoms with Gasteiger partial charge >= 0.3 is 0 Å². The second-order valence-electron chi connectivity index (χ2n) is 4.03. The minimum Gasteiger partial charge on any atom is -0.358 e. The zero-order valence-electron chi connectivity index (χ0n) is 10.4. The number of amides is 1. The summed E-state index contributed by atoms with van der Waals surface area (Å²) in [5.41, 5.74) is 0.888. The van der Waals surface area contributed by atoms with Crippen LogP contribution in [0.4, 0.5) is 0 Å². The topological polar surface area (TPSA) is 46.9 Å². The molecule has 100 valence electrons. The van der Waals surface area contributed by atoms with Gasteiger partial charge in [0, 0.05) is 25.9 Å². The number of hydrogen-bond donors (Lipinski definition) is 1. The summed E-state index contributed by atoms with van der Waals surface area (Å²) in [5.74, 6) is 0.698. The molecule has 2 aromatic rings. The van der Waals surface area contributed by atoms with Crippen molar-refractivity contribution in [1.29, 1.82) is 0 Å². The van der Waals surface area contributed by atoms with Gasteiger partial charge in [-0.15, -0.1) is 0 Å². The molecule has 0 atom stereocenters. The highest BCUT2D eigenvalue weighted by Crippen LogP contribution is 2.26. The van der Waals surface area contributed by atoms with Gasteiger partial charge in [-0.3, -0.25) is 4.79 Å². The van der Waals surface area contributed by atoms with Crippen molar-refractivity contribution in [2.24, 2.45) is 0 Å². The third kappa shape index (κ3) is 3.28. The maximum Gasteiger partial charge on any atom is 0.239 e. The van der Waals surface area contributed by atoms with Crippen LogP contribution in [0.25, 0.3) is 0 Å². The Kier molecular flexibility index (Phi) is 4.45. The molecule has 0 saturated carbocycles. The lowest BCUT2D eigenvalue weighted by Gasteiger charge is -2.08. The summed E-state index contributed by atoms with van der Waals surface area (Å²) in [7, 11) is 1.60. The van der Waals surface area contributed by atoms with Crippen molar-refractivity contribution < 1.29 is 4.79 Å². The molecule has 0 unspecified atom stereocenters. The van der Waals surface area contributed by atoms with E-state index in [1.165, 1.54) is 0 Å². The molecule has 0 radical (unpaired) electrons. The first-order chi connectivity index (χ1) is 9.11. The lowest BCUT2D eigenvalue weighted by molar-refractivity contribution is -0.121. The number of likely N-dealkylation sites (N-methyl/N-ethyl adjacent to an activating group) is 1. The van der Waals surface area contributed by atoms with E-state index in [-0.39, 0.29) is 12.5 Å². The van der Waals surface area contributed by atoms with Crippen LogP contribution >= 0.6 is 23.2 Å². The first-order valence-corrected chi connectivity index (χ1v) is 6.51. The Balaban J connectivity index is 2.22. The molecule has 0 fully saturated rings. The molecule has 0 aliphatic carbocycles. The van der Waals surface area contributed by atoms with E-state index in [2.05, 4.69) is 10.3 Å². The number of benzene rings is 1. The van der Waals surface area contributed by atoms with Crippen LogP contribution in [0, 0.1) is 0 Å². The second kappa shape index (κ2) is 6.08. The second-order valence-corrected chi connectivity index (χ2v) is 4.82. The summed E-state index contributed by atoms with van der Waals surface area (Å²) in [6.07, 6.45) is 3.96. The summed E-state index contributed by atoms with van der Waals surface area (Å²) in [5, 5.41) is 3.62. The Morgan fingerprint density at radius 3 is 2.95 bits per heavy atom. The number of nitrogens with one attached hydrogen (secondary N) is 1. The Morgan fingerprint density at radius 2 is 2.21 bits per heavy atom. The highest BCUT2D eigenvalue weighted by molar-refractivity contribution is 6.42. The van der Waals surface area contributed by atoms with Crippen LogP contribution in [0.15, 0.2) is 30.6 Å². The van der Waals surface area contributed by atoms with E-state index in [1.807, 2.05) is 12.1 Å². The van der Waals surface area contributed by atoms with Gasteiger partial charge in [0.05, 0.1) is 10.0 Å². The monoisotopic (exact) mass is 297 g/mol. The molecule has 4 nitrogen and oxygen atoms in total.